The molecule has 6 heteroatoms. The Morgan fingerprint density at radius 2 is 2.00 bits per heavy atom. The largest absolute Gasteiger partial charge is 0.507 e. The van der Waals surface area contributed by atoms with Gasteiger partial charge in [0.15, 0.2) is 0 Å². The molecule has 1 amide bonds. The number of anilines is 2. The Kier molecular flexibility index (Phi) is 4.04. The molecule has 0 spiro atoms. The topological polar surface area (TPSA) is 85.2 Å². The molecule has 0 aliphatic carbocycles. The van der Waals surface area contributed by atoms with E-state index in [1.807, 2.05) is 6.07 Å². The van der Waals surface area contributed by atoms with Crippen molar-refractivity contribution >= 4 is 40.9 Å². The summed E-state index contributed by atoms with van der Waals surface area (Å²) in [7, 11) is 0. The second kappa shape index (κ2) is 6.14. The molecule has 1 heterocycles. The van der Waals surface area contributed by atoms with Crippen LogP contribution in [0.1, 0.15) is 5.56 Å². The number of nitrogens with one attached hydrogen (secondary N) is 3. The fourth-order valence-corrected chi connectivity index (χ4v) is 2.64. The molecule has 4 N–H and O–H groups in total. The zero-order valence-corrected chi connectivity index (χ0v) is 12.8. The molecule has 1 unspecified atom stereocenters. The maximum absolute atomic E-state index is 12.5. The Morgan fingerprint density at radius 1 is 1.26 bits per heavy atom. The van der Waals surface area contributed by atoms with Crippen molar-refractivity contribution in [3.63, 3.8) is 0 Å². The van der Waals surface area contributed by atoms with Crippen LogP contribution in [0.2, 0.25) is 5.02 Å². The van der Waals surface area contributed by atoms with Crippen LogP contribution in [-0.4, -0.2) is 23.3 Å². The number of halogens is 1. The van der Waals surface area contributed by atoms with Crippen molar-refractivity contribution in [3.8, 4) is 0 Å². The molecule has 0 fully saturated rings. The Bertz CT molecular complexity index is 803. The van der Waals surface area contributed by atoms with Crippen molar-refractivity contribution in [1.82, 2.24) is 0 Å². The zero-order chi connectivity index (χ0) is 16.4. The first-order valence-electron chi connectivity index (χ1n) is 6.96. The number of hydrogen-bond acceptors (Lipinski definition) is 4. The van der Waals surface area contributed by atoms with Crippen LogP contribution in [0.25, 0.3) is 5.76 Å². The molecule has 23 heavy (non-hydrogen) atoms. The van der Waals surface area contributed by atoms with Gasteiger partial charge in [-0.25, -0.2) is 0 Å². The van der Waals surface area contributed by atoms with E-state index in [1.165, 1.54) is 0 Å². The molecular weight excluding hydrogens is 314 g/mol. The molecule has 1 aliphatic heterocycles. The highest BCUT2D eigenvalue weighted by atomic mass is 35.5. The molecule has 0 saturated heterocycles. The summed E-state index contributed by atoms with van der Waals surface area (Å²) >= 11 is 5.96. The third-order valence-electron chi connectivity index (χ3n) is 3.56. The number of fused-ring (bicyclic) bond motifs is 1. The number of rotatable bonds is 3. The van der Waals surface area contributed by atoms with E-state index in [9.17, 15) is 9.90 Å². The van der Waals surface area contributed by atoms with Crippen LogP contribution < -0.4 is 10.6 Å². The summed E-state index contributed by atoms with van der Waals surface area (Å²) in [5.41, 5.74) is 1.75. The van der Waals surface area contributed by atoms with Gasteiger partial charge in [0.2, 0.25) is 0 Å². The van der Waals surface area contributed by atoms with Crippen LogP contribution in [0.5, 0.6) is 0 Å². The average molecular weight is 328 g/mol. The van der Waals surface area contributed by atoms with Crippen molar-refractivity contribution in [2.45, 2.75) is 6.04 Å². The van der Waals surface area contributed by atoms with Gasteiger partial charge in [-0.1, -0.05) is 29.8 Å². The Morgan fingerprint density at radius 3 is 2.70 bits per heavy atom. The fourth-order valence-electron chi connectivity index (χ4n) is 2.46. The molecule has 0 aromatic heterocycles. The van der Waals surface area contributed by atoms with Crippen LogP contribution in [0.15, 0.2) is 54.1 Å². The molecule has 0 saturated carbocycles. The van der Waals surface area contributed by atoms with E-state index in [4.69, 9.17) is 17.0 Å². The summed E-state index contributed by atoms with van der Waals surface area (Å²) in [6.07, 6.45) is 1.08. The van der Waals surface area contributed by atoms with Gasteiger partial charge in [0.05, 0.1) is 11.6 Å². The molecule has 1 atom stereocenters. The molecule has 116 valence electrons. The molecule has 3 rings (SSSR count). The summed E-state index contributed by atoms with van der Waals surface area (Å²) in [5.74, 6) is -0.650. The third kappa shape index (κ3) is 2.91. The standard InChI is InChI=1S/C17H14ClN3O2/c18-10-6-7-13-12(8-10)16(22)15(14(9-19)21-13)17(23)20-11-4-2-1-3-5-11/h1-9,14,19,21-22H,(H,20,23). The number of aliphatic hydroxyl groups is 1. The normalized spacial score (nSPS) is 16.3. The molecule has 0 bridgehead atoms. The summed E-state index contributed by atoms with van der Waals surface area (Å²) in [4.78, 5) is 12.5. The second-order valence-corrected chi connectivity index (χ2v) is 5.50. The molecule has 2 aromatic carbocycles. The van der Waals surface area contributed by atoms with Gasteiger partial charge in [0.1, 0.15) is 5.76 Å². The van der Waals surface area contributed by atoms with Gasteiger partial charge in [-0.2, -0.15) is 0 Å². The number of amides is 1. The number of carbonyl (C=O) groups is 1. The smallest absolute Gasteiger partial charge is 0.257 e. The lowest BCUT2D eigenvalue weighted by atomic mass is 9.95. The predicted molar refractivity (Wildman–Crippen MR) is 92.3 cm³/mol. The average Bonchev–Trinajstić information content (AvgIpc) is 2.56. The quantitative estimate of drug-likeness (QED) is 0.649. The Hall–Kier alpha value is -2.79. The van der Waals surface area contributed by atoms with Crippen molar-refractivity contribution < 1.29 is 9.90 Å². The van der Waals surface area contributed by atoms with Gasteiger partial charge < -0.3 is 21.1 Å². The fraction of sp³-hybridized carbons (Fsp3) is 0.0588. The van der Waals surface area contributed by atoms with E-state index in [0.29, 0.717) is 22.0 Å². The summed E-state index contributed by atoms with van der Waals surface area (Å²) in [6.45, 7) is 0. The van der Waals surface area contributed by atoms with E-state index in [0.717, 1.165) is 6.21 Å². The minimum absolute atomic E-state index is 0.0821. The summed E-state index contributed by atoms with van der Waals surface area (Å²) in [5, 5.41) is 24.3. The highest BCUT2D eigenvalue weighted by molar-refractivity contribution is 6.31. The van der Waals surface area contributed by atoms with E-state index in [2.05, 4.69) is 10.6 Å². The summed E-state index contributed by atoms with van der Waals surface area (Å²) < 4.78 is 0. The van der Waals surface area contributed by atoms with Crippen molar-refractivity contribution in [1.29, 1.82) is 5.41 Å². The van der Waals surface area contributed by atoms with Crippen LogP contribution in [0.3, 0.4) is 0 Å². The van der Waals surface area contributed by atoms with E-state index in [-0.39, 0.29) is 11.3 Å². The maximum Gasteiger partial charge on any atom is 0.257 e. The monoisotopic (exact) mass is 327 g/mol. The second-order valence-electron chi connectivity index (χ2n) is 5.06. The van der Waals surface area contributed by atoms with Crippen molar-refractivity contribution in [3.05, 3.63) is 64.7 Å². The van der Waals surface area contributed by atoms with Crippen LogP contribution in [0.4, 0.5) is 11.4 Å². The first-order chi connectivity index (χ1) is 11.1. The van der Waals surface area contributed by atoms with Crippen LogP contribution in [0, 0.1) is 5.41 Å². The predicted octanol–water partition coefficient (Wildman–Crippen LogP) is 3.69. The van der Waals surface area contributed by atoms with Crippen LogP contribution >= 0.6 is 11.6 Å². The first-order valence-corrected chi connectivity index (χ1v) is 7.34. The Balaban J connectivity index is 2.02. The number of hydrogen-bond donors (Lipinski definition) is 4. The minimum Gasteiger partial charge on any atom is -0.507 e. The number of para-hydroxylation sites is 1. The highest BCUT2D eigenvalue weighted by Gasteiger charge is 2.30. The van der Waals surface area contributed by atoms with Gasteiger partial charge in [-0.15, -0.1) is 0 Å². The van der Waals surface area contributed by atoms with Gasteiger partial charge in [0.25, 0.3) is 5.91 Å². The van der Waals surface area contributed by atoms with E-state index >= 15 is 0 Å². The lowest BCUT2D eigenvalue weighted by molar-refractivity contribution is -0.112. The highest BCUT2D eigenvalue weighted by Crippen LogP contribution is 2.34. The SMILES string of the molecule is N=CC1Nc2ccc(Cl)cc2C(O)=C1C(=O)Nc1ccccc1. The van der Waals surface area contributed by atoms with Crippen molar-refractivity contribution in [2.24, 2.45) is 0 Å². The summed E-state index contributed by atoms with van der Waals surface area (Å²) in [6, 6.07) is 13.2. The lowest BCUT2D eigenvalue weighted by Gasteiger charge is -2.26. The van der Waals surface area contributed by atoms with Gasteiger partial charge in [-0.05, 0) is 30.3 Å². The number of benzene rings is 2. The number of carbonyl (C=O) groups excluding carboxylic acids is 1. The zero-order valence-electron chi connectivity index (χ0n) is 12.0. The molecule has 1 aliphatic rings. The number of aliphatic hydroxyl groups excluding tert-OH is 1. The molecular formula is C17H14ClN3O2. The third-order valence-corrected chi connectivity index (χ3v) is 3.79. The minimum atomic E-state index is -0.715. The van der Waals surface area contributed by atoms with Gasteiger partial charge >= 0.3 is 0 Å². The molecule has 2 aromatic rings. The van der Waals surface area contributed by atoms with Crippen molar-refractivity contribution in [2.75, 3.05) is 10.6 Å². The lowest BCUT2D eigenvalue weighted by Crippen LogP contribution is -2.35. The Labute approximate surface area is 138 Å². The van der Waals surface area contributed by atoms with Gasteiger partial charge in [-0.3, -0.25) is 4.79 Å². The molecule has 5 nitrogen and oxygen atoms in total. The molecule has 0 radical (unpaired) electrons. The maximum atomic E-state index is 12.5. The van der Waals surface area contributed by atoms with Crippen LogP contribution in [-0.2, 0) is 4.79 Å². The van der Waals surface area contributed by atoms with Gasteiger partial charge in [0, 0.05) is 28.2 Å². The first kappa shape index (κ1) is 15.1. The van der Waals surface area contributed by atoms with E-state index in [1.54, 1.807) is 42.5 Å². The van der Waals surface area contributed by atoms with E-state index < -0.39 is 11.9 Å².